The molecule has 0 saturated heterocycles. The van der Waals surface area contributed by atoms with Crippen molar-refractivity contribution < 1.29 is 4.42 Å². The van der Waals surface area contributed by atoms with Crippen molar-refractivity contribution in [1.82, 2.24) is 15.1 Å². The Bertz CT molecular complexity index is 510. The van der Waals surface area contributed by atoms with Crippen LogP contribution >= 0.6 is 11.8 Å². The Morgan fingerprint density at radius 3 is 2.37 bits per heavy atom. The summed E-state index contributed by atoms with van der Waals surface area (Å²) in [5.41, 5.74) is 1.29. The summed E-state index contributed by atoms with van der Waals surface area (Å²) in [7, 11) is 2.05. The molecule has 2 rings (SSSR count). The lowest BCUT2D eigenvalue weighted by Gasteiger charge is -2.14. The van der Waals surface area contributed by atoms with E-state index in [1.165, 1.54) is 10.5 Å². The predicted octanol–water partition coefficient (Wildman–Crippen LogP) is 2.99. The zero-order valence-corrected chi connectivity index (χ0v) is 12.4. The van der Waals surface area contributed by atoms with Gasteiger partial charge in [-0.25, -0.2) is 0 Å². The highest BCUT2D eigenvalue weighted by atomic mass is 32.2. The third-order valence-electron chi connectivity index (χ3n) is 2.83. The lowest BCUT2D eigenvalue weighted by molar-refractivity contribution is 0.277. The molecule has 5 heteroatoms. The molecule has 0 amide bonds. The second-order valence-electron chi connectivity index (χ2n) is 4.46. The third kappa shape index (κ3) is 4.08. The molecule has 0 unspecified atom stereocenters. The van der Waals surface area contributed by atoms with E-state index in [1.54, 1.807) is 11.8 Å². The van der Waals surface area contributed by atoms with Gasteiger partial charge in [-0.1, -0.05) is 19.1 Å². The van der Waals surface area contributed by atoms with Crippen LogP contribution in [0.4, 0.5) is 0 Å². The summed E-state index contributed by atoms with van der Waals surface area (Å²) in [5, 5.41) is 8.01. The quantitative estimate of drug-likeness (QED) is 0.759. The monoisotopic (exact) mass is 277 g/mol. The van der Waals surface area contributed by atoms with E-state index in [1.807, 2.05) is 6.92 Å². The van der Waals surface area contributed by atoms with Gasteiger partial charge in [0.25, 0.3) is 0 Å². The van der Waals surface area contributed by atoms with E-state index in [4.69, 9.17) is 4.42 Å². The fourth-order valence-electron chi connectivity index (χ4n) is 1.82. The van der Waals surface area contributed by atoms with Crippen LogP contribution in [0.5, 0.6) is 0 Å². The molecular weight excluding hydrogens is 258 g/mol. The highest BCUT2D eigenvalue weighted by Crippen LogP contribution is 2.16. The molecule has 0 aliphatic rings. The van der Waals surface area contributed by atoms with Gasteiger partial charge in [0, 0.05) is 17.9 Å². The Kier molecular flexibility index (Phi) is 4.99. The first-order valence-corrected chi connectivity index (χ1v) is 7.56. The molecule has 4 nitrogen and oxygen atoms in total. The maximum Gasteiger partial charge on any atom is 0.230 e. The van der Waals surface area contributed by atoms with Crippen LogP contribution < -0.4 is 0 Å². The van der Waals surface area contributed by atoms with Gasteiger partial charge in [0.2, 0.25) is 11.8 Å². The van der Waals surface area contributed by atoms with Crippen LogP contribution in [0.3, 0.4) is 0 Å². The molecule has 0 aliphatic carbocycles. The van der Waals surface area contributed by atoms with Crippen LogP contribution in [0.2, 0.25) is 0 Å². The highest BCUT2D eigenvalue weighted by molar-refractivity contribution is 7.98. The van der Waals surface area contributed by atoms with Gasteiger partial charge in [-0.05, 0) is 31.0 Å². The number of nitrogens with zero attached hydrogens (tertiary/aromatic N) is 3. The van der Waals surface area contributed by atoms with Crippen LogP contribution in [-0.4, -0.2) is 28.4 Å². The first kappa shape index (κ1) is 14.1. The SMILES string of the molecule is CCc1nnc(CN(C)Cc2ccc(SC)cc2)o1. The first-order valence-electron chi connectivity index (χ1n) is 6.34. The molecule has 1 aromatic carbocycles. The normalized spacial score (nSPS) is 11.2. The lowest BCUT2D eigenvalue weighted by Crippen LogP contribution is -2.17. The molecule has 19 heavy (non-hydrogen) atoms. The highest BCUT2D eigenvalue weighted by Gasteiger charge is 2.08. The molecule has 0 fully saturated rings. The van der Waals surface area contributed by atoms with Gasteiger partial charge in [-0.15, -0.1) is 22.0 Å². The number of aromatic nitrogens is 2. The Labute approximate surface area is 118 Å². The molecule has 0 radical (unpaired) electrons. The van der Waals surface area contributed by atoms with Gasteiger partial charge in [-0.2, -0.15) is 0 Å². The third-order valence-corrected chi connectivity index (χ3v) is 3.57. The van der Waals surface area contributed by atoms with E-state index >= 15 is 0 Å². The number of rotatable bonds is 6. The fraction of sp³-hybridized carbons (Fsp3) is 0.429. The van der Waals surface area contributed by atoms with Gasteiger partial charge >= 0.3 is 0 Å². The number of thioether (sulfide) groups is 1. The lowest BCUT2D eigenvalue weighted by atomic mass is 10.2. The van der Waals surface area contributed by atoms with Crippen molar-refractivity contribution in [2.45, 2.75) is 31.3 Å². The zero-order valence-electron chi connectivity index (χ0n) is 11.6. The van der Waals surface area contributed by atoms with Crippen molar-refractivity contribution in [1.29, 1.82) is 0 Å². The number of benzene rings is 1. The molecule has 2 aromatic rings. The topological polar surface area (TPSA) is 42.2 Å². The average molecular weight is 277 g/mol. The summed E-state index contributed by atoms with van der Waals surface area (Å²) in [5.74, 6) is 1.38. The van der Waals surface area contributed by atoms with E-state index in [9.17, 15) is 0 Å². The summed E-state index contributed by atoms with van der Waals surface area (Å²) in [6, 6.07) is 8.62. The van der Waals surface area contributed by atoms with Crippen molar-refractivity contribution in [2.75, 3.05) is 13.3 Å². The molecule has 0 saturated carbocycles. The van der Waals surface area contributed by atoms with E-state index in [2.05, 4.69) is 52.7 Å². The van der Waals surface area contributed by atoms with Gasteiger partial charge in [0.1, 0.15) is 0 Å². The minimum atomic E-state index is 0.678. The first-order chi connectivity index (χ1) is 9.21. The Hall–Kier alpha value is -1.33. The summed E-state index contributed by atoms with van der Waals surface area (Å²) < 4.78 is 5.51. The number of hydrogen-bond donors (Lipinski definition) is 0. The molecule has 1 heterocycles. The maximum absolute atomic E-state index is 5.51. The largest absolute Gasteiger partial charge is 0.424 e. The molecular formula is C14H19N3OS. The maximum atomic E-state index is 5.51. The Morgan fingerprint density at radius 2 is 1.79 bits per heavy atom. The molecule has 102 valence electrons. The molecule has 0 spiro atoms. The van der Waals surface area contributed by atoms with Crippen molar-refractivity contribution in [2.24, 2.45) is 0 Å². The summed E-state index contributed by atoms with van der Waals surface area (Å²) in [4.78, 5) is 3.46. The second kappa shape index (κ2) is 6.73. The second-order valence-corrected chi connectivity index (χ2v) is 5.34. The molecule has 0 atom stereocenters. The number of hydrogen-bond acceptors (Lipinski definition) is 5. The smallest absolute Gasteiger partial charge is 0.230 e. The minimum Gasteiger partial charge on any atom is -0.424 e. The molecule has 0 N–H and O–H groups in total. The Balaban J connectivity index is 1.90. The van der Waals surface area contributed by atoms with Crippen LogP contribution in [0, 0.1) is 0 Å². The summed E-state index contributed by atoms with van der Waals surface area (Å²) in [6.07, 6.45) is 2.87. The van der Waals surface area contributed by atoms with Gasteiger partial charge in [0.15, 0.2) is 0 Å². The van der Waals surface area contributed by atoms with E-state index in [0.29, 0.717) is 18.3 Å². The van der Waals surface area contributed by atoms with E-state index in [0.717, 1.165) is 13.0 Å². The Morgan fingerprint density at radius 1 is 1.11 bits per heavy atom. The van der Waals surface area contributed by atoms with Crippen molar-refractivity contribution in [3.8, 4) is 0 Å². The standard InChI is InChI=1S/C14H19N3OS/c1-4-13-15-16-14(18-13)10-17(2)9-11-5-7-12(19-3)8-6-11/h5-8H,4,9-10H2,1-3H3. The summed E-state index contributed by atoms with van der Waals surface area (Å²) >= 11 is 1.76. The average Bonchev–Trinajstić information content (AvgIpc) is 2.87. The van der Waals surface area contributed by atoms with Crippen molar-refractivity contribution in [3.05, 3.63) is 41.6 Å². The zero-order chi connectivity index (χ0) is 13.7. The molecule has 0 aliphatic heterocycles. The van der Waals surface area contributed by atoms with Gasteiger partial charge in [-0.3, -0.25) is 4.90 Å². The summed E-state index contributed by atoms with van der Waals surface area (Å²) in [6.45, 7) is 3.56. The van der Waals surface area contributed by atoms with E-state index < -0.39 is 0 Å². The van der Waals surface area contributed by atoms with Gasteiger partial charge < -0.3 is 4.42 Å². The van der Waals surface area contributed by atoms with Crippen LogP contribution in [0.15, 0.2) is 33.6 Å². The molecule has 0 bridgehead atoms. The van der Waals surface area contributed by atoms with E-state index in [-0.39, 0.29) is 0 Å². The molecule has 1 aromatic heterocycles. The van der Waals surface area contributed by atoms with Crippen molar-refractivity contribution in [3.63, 3.8) is 0 Å². The minimum absolute atomic E-state index is 0.678. The number of aryl methyl sites for hydroxylation is 1. The van der Waals surface area contributed by atoms with Gasteiger partial charge in [0.05, 0.1) is 6.54 Å². The fourth-order valence-corrected chi connectivity index (χ4v) is 2.23. The van der Waals surface area contributed by atoms with Crippen LogP contribution in [0.25, 0.3) is 0 Å². The van der Waals surface area contributed by atoms with Crippen LogP contribution in [0.1, 0.15) is 24.3 Å². The van der Waals surface area contributed by atoms with Crippen molar-refractivity contribution >= 4 is 11.8 Å². The predicted molar refractivity (Wildman–Crippen MR) is 77.1 cm³/mol. The van der Waals surface area contributed by atoms with Crippen LogP contribution in [-0.2, 0) is 19.5 Å².